The summed E-state index contributed by atoms with van der Waals surface area (Å²) in [6.07, 6.45) is -0.183. The standard InChI is InChI=1S/C12H14ClN3O4/c13-8-3-1-7(2-4-8)9(16-12(15)19)5-11(18)20-6-10(14)17/h1-4,9H,5-6H2,(H2,14,17)(H3,15,16,19)/t9-/m0/s1. The second-order valence-corrected chi connectivity index (χ2v) is 4.38. The van der Waals surface area contributed by atoms with Gasteiger partial charge >= 0.3 is 12.0 Å². The number of carbonyl (C=O) groups excluding carboxylic acids is 3. The number of halogens is 1. The molecule has 1 rings (SSSR count). The van der Waals surface area contributed by atoms with Crippen LogP contribution in [-0.4, -0.2) is 24.5 Å². The van der Waals surface area contributed by atoms with Crippen LogP contribution in [0.1, 0.15) is 18.0 Å². The first-order valence-electron chi connectivity index (χ1n) is 5.64. The number of carbonyl (C=O) groups is 3. The van der Waals surface area contributed by atoms with Crippen LogP contribution in [0.5, 0.6) is 0 Å². The van der Waals surface area contributed by atoms with Crippen molar-refractivity contribution >= 4 is 29.5 Å². The third-order valence-corrected chi connectivity index (χ3v) is 2.59. The molecule has 1 atom stereocenters. The van der Waals surface area contributed by atoms with Gasteiger partial charge in [0.25, 0.3) is 5.91 Å². The van der Waals surface area contributed by atoms with E-state index in [1.807, 2.05) is 0 Å². The lowest BCUT2D eigenvalue weighted by atomic mass is 10.0. The molecule has 0 radical (unpaired) electrons. The number of hydrogen-bond acceptors (Lipinski definition) is 4. The second-order valence-electron chi connectivity index (χ2n) is 3.94. The SMILES string of the molecule is NC(=O)COC(=O)C[C@H](NC(N)=O)c1ccc(Cl)cc1. The van der Waals surface area contributed by atoms with Crippen molar-refractivity contribution in [2.75, 3.05) is 6.61 Å². The maximum absolute atomic E-state index is 11.5. The highest BCUT2D eigenvalue weighted by Crippen LogP contribution is 2.19. The average Bonchev–Trinajstić information content (AvgIpc) is 2.36. The molecule has 5 N–H and O–H groups in total. The maximum Gasteiger partial charge on any atom is 0.312 e. The number of nitrogens with two attached hydrogens (primary N) is 2. The zero-order chi connectivity index (χ0) is 15.1. The Balaban J connectivity index is 2.74. The van der Waals surface area contributed by atoms with Crippen LogP contribution in [0, 0.1) is 0 Å². The third-order valence-electron chi connectivity index (χ3n) is 2.34. The number of esters is 1. The van der Waals surface area contributed by atoms with Gasteiger partial charge in [-0.1, -0.05) is 23.7 Å². The topological polar surface area (TPSA) is 125 Å². The number of rotatable bonds is 6. The van der Waals surface area contributed by atoms with Gasteiger partial charge in [-0.25, -0.2) is 4.79 Å². The van der Waals surface area contributed by atoms with E-state index in [4.69, 9.17) is 23.1 Å². The van der Waals surface area contributed by atoms with Gasteiger partial charge in [0.2, 0.25) is 0 Å². The van der Waals surface area contributed by atoms with E-state index in [-0.39, 0.29) is 6.42 Å². The van der Waals surface area contributed by atoms with Crippen molar-refractivity contribution in [2.45, 2.75) is 12.5 Å². The molecule has 0 aliphatic carbocycles. The molecule has 0 fully saturated rings. The maximum atomic E-state index is 11.5. The van der Waals surface area contributed by atoms with Crippen molar-refractivity contribution < 1.29 is 19.1 Å². The Morgan fingerprint density at radius 3 is 2.30 bits per heavy atom. The molecule has 0 spiro atoms. The number of hydrogen-bond donors (Lipinski definition) is 3. The summed E-state index contributed by atoms with van der Waals surface area (Å²) in [5.41, 5.74) is 10.5. The number of ether oxygens (including phenoxy) is 1. The summed E-state index contributed by atoms with van der Waals surface area (Å²) >= 11 is 5.76. The smallest absolute Gasteiger partial charge is 0.312 e. The van der Waals surface area contributed by atoms with E-state index in [0.717, 1.165) is 0 Å². The zero-order valence-electron chi connectivity index (χ0n) is 10.5. The predicted octanol–water partition coefficient (Wildman–Crippen LogP) is 0.468. The summed E-state index contributed by atoms with van der Waals surface area (Å²) in [5, 5.41) is 2.93. The Hall–Kier alpha value is -2.28. The fourth-order valence-corrected chi connectivity index (χ4v) is 1.62. The number of urea groups is 1. The van der Waals surface area contributed by atoms with E-state index in [2.05, 4.69) is 10.1 Å². The highest BCUT2D eigenvalue weighted by Gasteiger charge is 2.18. The quantitative estimate of drug-likeness (QED) is 0.660. The summed E-state index contributed by atoms with van der Waals surface area (Å²) in [6.45, 7) is -0.511. The fraction of sp³-hybridized carbons (Fsp3) is 0.250. The minimum atomic E-state index is -0.785. The summed E-state index contributed by atoms with van der Waals surface area (Å²) < 4.78 is 4.63. The van der Waals surface area contributed by atoms with Crippen LogP contribution >= 0.6 is 11.6 Å². The van der Waals surface area contributed by atoms with Crippen LogP contribution < -0.4 is 16.8 Å². The molecule has 0 heterocycles. The Kier molecular flexibility index (Phi) is 5.79. The first kappa shape index (κ1) is 15.8. The van der Waals surface area contributed by atoms with Gasteiger partial charge in [0.1, 0.15) is 0 Å². The van der Waals surface area contributed by atoms with E-state index in [0.29, 0.717) is 10.6 Å². The Morgan fingerprint density at radius 2 is 1.80 bits per heavy atom. The van der Waals surface area contributed by atoms with E-state index >= 15 is 0 Å². The number of amides is 3. The summed E-state index contributed by atoms with van der Waals surface area (Å²) in [4.78, 5) is 33.0. The molecule has 0 saturated carbocycles. The van der Waals surface area contributed by atoms with E-state index in [9.17, 15) is 14.4 Å². The molecule has 20 heavy (non-hydrogen) atoms. The van der Waals surface area contributed by atoms with Gasteiger partial charge in [0.05, 0.1) is 12.5 Å². The molecule has 1 aromatic rings. The normalized spacial score (nSPS) is 11.4. The van der Waals surface area contributed by atoms with Crippen LogP contribution in [0.25, 0.3) is 0 Å². The molecule has 0 bridgehead atoms. The first-order chi connectivity index (χ1) is 9.38. The minimum Gasteiger partial charge on any atom is -0.456 e. The predicted molar refractivity (Wildman–Crippen MR) is 71.7 cm³/mol. The summed E-state index contributed by atoms with van der Waals surface area (Å²) in [6, 6.07) is 5.05. The van der Waals surface area contributed by atoms with Gasteiger partial charge in [-0.2, -0.15) is 0 Å². The molecule has 3 amide bonds. The van der Waals surface area contributed by atoms with Crippen LogP contribution in [-0.2, 0) is 14.3 Å². The lowest BCUT2D eigenvalue weighted by Crippen LogP contribution is -2.35. The molecule has 0 unspecified atom stereocenters. The lowest BCUT2D eigenvalue weighted by molar-refractivity contribution is -0.148. The van der Waals surface area contributed by atoms with E-state index in [1.165, 1.54) is 0 Å². The zero-order valence-corrected chi connectivity index (χ0v) is 11.2. The van der Waals surface area contributed by atoms with Crippen LogP contribution in [0.3, 0.4) is 0 Å². The van der Waals surface area contributed by atoms with Gasteiger partial charge in [0.15, 0.2) is 6.61 Å². The van der Waals surface area contributed by atoms with Crippen molar-refractivity contribution in [3.8, 4) is 0 Å². The highest BCUT2D eigenvalue weighted by molar-refractivity contribution is 6.30. The molecule has 0 saturated heterocycles. The molecule has 8 heteroatoms. The van der Waals surface area contributed by atoms with Gasteiger partial charge in [-0.15, -0.1) is 0 Å². The number of benzene rings is 1. The van der Waals surface area contributed by atoms with Gasteiger partial charge in [-0.3, -0.25) is 9.59 Å². The summed E-state index contributed by atoms with van der Waals surface area (Å²) in [5.74, 6) is -1.44. The second kappa shape index (κ2) is 7.34. The largest absolute Gasteiger partial charge is 0.456 e. The van der Waals surface area contributed by atoms with Crippen molar-refractivity contribution in [3.63, 3.8) is 0 Å². The Labute approximate surface area is 120 Å². The monoisotopic (exact) mass is 299 g/mol. The molecular formula is C12H14ClN3O4. The fourth-order valence-electron chi connectivity index (χ4n) is 1.50. The lowest BCUT2D eigenvalue weighted by Gasteiger charge is -2.17. The van der Waals surface area contributed by atoms with Crippen molar-refractivity contribution in [2.24, 2.45) is 11.5 Å². The summed E-state index contributed by atoms with van der Waals surface area (Å²) in [7, 11) is 0. The first-order valence-corrected chi connectivity index (χ1v) is 6.01. The van der Waals surface area contributed by atoms with E-state index in [1.54, 1.807) is 24.3 Å². The van der Waals surface area contributed by atoms with Crippen molar-refractivity contribution in [3.05, 3.63) is 34.9 Å². The van der Waals surface area contributed by atoms with Gasteiger partial charge in [0, 0.05) is 5.02 Å². The molecule has 0 aliphatic heterocycles. The Bertz CT molecular complexity index is 504. The third kappa shape index (κ3) is 5.57. The molecule has 0 aromatic heterocycles. The minimum absolute atomic E-state index is 0.183. The van der Waals surface area contributed by atoms with Crippen LogP contribution in [0.2, 0.25) is 5.02 Å². The average molecular weight is 300 g/mol. The number of nitrogens with one attached hydrogen (secondary N) is 1. The molecule has 0 aliphatic rings. The molecule has 7 nitrogen and oxygen atoms in total. The van der Waals surface area contributed by atoms with Crippen molar-refractivity contribution in [1.29, 1.82) is 0 Å². The highest BCUT2D eigenvalue weighted by atomic mass is 35.5. The molecular weight excluding hydrogens is 286 g/mol. The van der Waals surface area contributed by atoms with Crippen LogP contribution in [0.4, 0.5) is 4.79 Å². The van der Waals surface area contributed by atoms with E-state index < -0.39 is 30.6 Å². The Morgan fingerprint density at radius 1 is 1.20 bits per heavy atom. The van der Waals surface area contributed by atoms with Crippen molar-refractivity contribution in [1.82, 2.24) is 5.32 Å². The molecule has 108 valence electrons. The number of primary amides is 2. The van der Waals surface area contributed by atoms with Crippen LogP contribution in [0.15, 0.2) is 24.3 Å². The van der Waals surface area contributed by atoms with Gasteiger partial charge in [-0.05, 0) is 17.7 Å². The molecule has 1 aromatic carbocycles. The van der Waals surface area contributed by atoms with Gasteiger partial charge < -0.3 is 21.5 Å².